The molecule has 0 aliphatic heterocycles. The second kappa shape index (κ2) is 5.72. The molecule has 4 aliphatic rings. The molecule has 0 bridgehead atoms. The molecule has 7 atom stereocenters. The third-order valence-corrected chi connectivity index (χ3v) is 8.84. The number of hydrogen-bond acceptors (Lipinski definition) is 1. The van der Waals surface area contributed by atoms with Crippen molar-refractivity contribution in [3.63, 3.8) is 0 Å². The van der Waals surface area contributed by atoms with Crippen molar-refractivity contribution in [2.75, 3.05) is 0 Å². The SMILES string of the molecule is CC(C)[C@H]1CC[C@H]2[C@@H]3CCC4=CC(C(=O)O)C=C[C@]4(C)[C@H]3CC[C@]12C. The predicted octanol–water partition coefficient (Wildman–Crippen LogP) is 5.70. The fourth-order valence-electron chi connectivity index (χ4n) is 7.62. The maximum Gasteiger partial charge on any atom is 0.314 e. The van der Waals surface area contributed by atoms with Crippen molar-refractivity contribution in [2.24, 2.45) is 46.3 Å². The van der Waals surface area contributed by atoms with Crippen LogP contribution in [0.25, 0.3) is 0 Å². The summed E-state index contributed by atoms with van der Waals surface area (Å²) in [7, 11) is 0. The molecule has 0 aromatic carbocycles. The molecule has 0 heterocycles. The minimum absolute atomic E-state index is 0.103. The highest BCUT2D eigenvalue weighted by atomic mass is 16.4. The van der Waals surface area contributed by atoms with Gasteiger partial charge in [-0.25, -0.2) is 0 Å². The highest BCUT2D eigenvalue weighted by molar-refractivity contribution is 5.75. The third kappa shape index (κ3) is 2.39. The number of allylic oxidation sites excluding steroid dienone is 2. The first-order valence-electron chi connectivity index (χ1n) is 10.4. The van der Waals surface area contributed by atoms with E-state index in [1.165, 1.54) is 37.7 Å². The second-order valence-electron chi connectivity index (χ2n) is 10.1. The maximum atomic E-state index is 11.4. The molecule has 0 aromatic rings. The lowest BCUT2D eigenvalue weighted by molar-refractivity contribution is -0.138. The quantitative estimate of drug-likeness (QED) is 0.654. The lowest BCUT2D eigenvalue weighted by atomic mass is 9.47. The first-order valence-corrected chi connectivity index (χ1v) is 10.4. The Labute approximate surface area is 152 Å². The van der Waals surface area contributed by atoms with Gasteiger partial charge >= 0.3 is 5.97 Å². The molecule has 138 valence electrons. The van der Waals surface area contributed by atoms with Gasteiger partial charge in [-0.15, -0.1) is 0 Å². The summed E-state index contributed by atoms with van der Waals surface area (Å²) in [6.45, 7) is 9.82. The van der Waals surface area contributed by atoms with Gasteiger partial charge in [0.2, 0.25) is 0 Å². The van der Waals surface area contributed by atoms with Crippen LogP contribution in [0.1, 0.15) is 66.2 Å². The Hall–Kier alpha value is -1.05. The van der Waals surface area contributed by atoms with E-state index in [1.54, 1.807) is 0 Å². The van der Waals surface area contributed by atoms with Gasteiger partial charge in [0.1, 0.15) is 0 Å². The molecule has 3 saturated carbocycles. The van der Waals surface area contributed by atoms with E-state index < -0.39 is 11.9 Å². The lowest BCUT2D eigenvalue weighted by Gasteiger charge is -2.57. The smallest absolute Gasteiger partial charge is 0.314 e. The molecule has 0 spiro atoms. The molecule has 1 N–H and O–H groups in total. The summed E-state index contributed by atoms with van der Waals surface area (Å²) in [6, 6.07) is 0. The van der Waals surface area contributed by atoms with Gasteiger partial charge < -0.3 is 5.11 Å². The molecular weight excluding hydrogens is 308 g/mol. The molecule has 0 saturated heterocycles. The van der Waals surface area contributed by atoms with Crippen molar-refractivity contribution < 1.29 is 9.90 Å². The lowest BCUT2D eigenvalue weighted by Crippen LogP contribution is -2.50. The predicted molar refractivity (Wildman–Crippen MR) is 101 cm³/mol. The molecule has 0 radical (unpaired) electrons. The summed E-state index contributed by atoms with van der Waals surface area (Å²) in [5.41, 5.74) is 2.05. The maximum absolute atomic E-state index is 11.4. The molecular formula is C23H34O2. The van der Waals surface area contributed by atoms with E-state index in [9.17, 15) is 9.90 Å². The number of fused-ring (bicyclic) bond motifs is 5. The summed E-state index contributed by atoms with van der Waals surface area (Å²) >= 11 is 0. The highest BCUT2D eigenvalue weighted by Crippen LogP contribution is 2.67. The van der Waals surface area contributed by atoms with Crippen molar-refractivity contribution in [2.45, 2.75) is 66.2 Å². The van der Waals surface area contributed by atoms with E-state index in [0.29, 0.717) is 11.3 Å². The van der Waals surface area contributed by atoms with E-state index in [-0.39, 0.29) is 5.41 Å². The average Bonchev–Trinajstić information content (AvgIpc) is 2.91. The minimum Gasteiger partial charge on any atom is -0.481 e. The van der Waals surface area contributed by atoms with E-state index in [1.807, 2.05) is 6.08 Å². The number of carbonyl (C=O) groups is 1. The van der Waals surface area contributed by atoms with Gasteiger partial charge in [0.05, 0.1) is 5.92 Å². The first kappa shape index (κ1) is 17.4. The van der Waals surface area contributed by atoms with Crippen LogP contribution in [-0.4, -0.2) is 11.1 Å². The molecule has 1 unspecified atom stereocenters. The summed E-state index contributed by atoms with van der Waals surface area (Å²) < 4.78 is 0. The molecule has 2 nitrogen and oxygen atoms in total. The van der Waals surface area contributed by atoms with Crippen molar-refractivity contribution >= 4 is 5.97 Å². The Morgan fingerprint density at radius 1 is 1.16 bits per heavy atom. The van der Waals surface area contributed by atoms with Crippen molar-refractivity contribution in [1.29, 1.82) is 0 Å². The van der Waals surface area contributed by atoms with Crippen LogP contribution in [0.3, 0.4) is 0 Å². The van der Waals surface area contributed by atoms with E-state index >= 15 is 0 Å². The number of hydrogen-bond donors (Lipinski definition) is 1. The van der Waals surface area contributed by atoms with Crippen molar-refractivity contribution in [1.82, 2.24) is 0 Å². The van der Waals surface area contributed by atoms with E-state index in [2.05, 4.69) is 39.8 Å². The Morgan fingerprint density at radius 3 is 2.60 bits per heavy atom. The Bertz CT molecular complexity index is 630. The van der Waals surface area contributed by atoms with Crippen LogP contribution in [0.4, 0.5) is 0 Å². The number of aliphatic carboxylic acids is 1. The molecule has 0 amide bonds. The van der Waals surface area contributed by atoms with Crippen LogP contribution in [-0.2, 0) is 4.79 Å². The highest BCUT2D eigenvalue weighted by Gasteiger charge is 2.58. The zero-order valence-corrected chi connectivity index (χ0v) is 16.3. The third-order valence-electron chi connectivity index (χ3n) is 8.84. The molecule has 0 aromatic heterocycles. The van der Waals surface area contributed by atoms with Crippen molar-refractivity contribution in [3.05, 3.63) is 23.8 Å². The van der Waals surface area contributed by atoms with Crippen LogP contribution in [0.2, 0.25) is 0 Å². The van der Waals surface area contributed by atoms with Gasteiger partial charge in [-0.1, -0.05) is 51.5 Å². The topological polar surface area (TPSA) is 37.3 Å². The van der Waals surface area contributed by atoms with E-state index in [0.717, 1.165) is 30.1 Å². The zero-order valence-electron chi connectivity index (χ0n) is 16.3. The van der Waals surface area contributed by atoms with Crippen molar-refractivity contribution in [3.8, 4) is 0 Å². The fraction of sp³-hybridized carbons (Fsp3) is 0.783. The van der Waals surface area contributed by atoms with Gasteiger partial charge in [0.15, 0.2) is 0 Å². The van der Waals surface area contributed by atoms with Gasteiger partial charge in [0.25, 0.3) is 0 Å². The first-order chi connectivity index (χ1) is 11.8. The molecule has 2 heteroatoms. The fourth-order valence-corrected chi connectivity index (χ4v) is 7.62. The standard InChI is InChI=1S/C23H34O2/c1-14(2)18-7-8-19-17-6-5-16-13-15(21(24)25)9-11-22(16,3)20(17)10-12-23(18,19)4/h9,11,13-15,17-20H,5-8,10,12H2,1-4H3,(H,24,25)/t15?,17-,18+,19-,20-,22-,23+/m0/s1. The number of carboxylic acid groups (broad SMARTS) is 1. The molecule has 4 aliphatic carbocycles. The normalized spacial score (nSPS) is 48.5. The zero-order chi connectivity index (χ0) is 18.0. The minimum atomic E-state index is -0.709. The monoisotopic (exact) mass is 342 g/mol. The van der Waals surface area contributed by atoms with Crippen LogP contribution >= 0.6 is 0 Å². The largest absolute Gasteiger partial charge is 0.481 e. The van der Waals surface area contributed by atoms with Crippen LogP contribution in [0.5, 0.6) is 0 Å². The van der Waals surface area contributed by atoms with Crippen LogP contribution in [0.15, 0.2) is 23.8 Å². The van der Waals surface area contributed by atoms with Gasteiger partial charge in [-0.3, -0.25) is 4.79 Å². The van der Waals surface area contributed by atoms with Gasteiger partial charge in [-0.2, -0.15) is 0 Å². The van der Waals surface area contributed by atoms with Gasteiger partial charge in [-0.05, 0) is 73.5 Å². The average molecular weight is 343 g/mol. The van der Waals surface area contributed by atoms with Gasteiger partial charge in [0, 0.05) is 5.41 Å². The Balaban J connectivity index is 1.64. The van der Waals surface area contributed by atoms with Crippen LogP contribution in [0, 0.1) is 46.3 Å². The molecule has 25 heavy (non-hydrogen) atoms. The molecule has 4 rings (SSSR count). The summed E-state index contributed by atoms with van der Waals surface area (Å²) in [5.74, 6) is 2.99. The van der Waals surface area contributed by atoms with Crippen LogP contribution < -0.4 is 0 Å². The summed E-state index contributed by atoms with van der Waals surface area (Å²) in [4.78, 5) is 11.4. The van der Waals surface area contributed by atoms with E-state index in [4.69, 9.17) is 0 Å². The molecule has 3 fully saturated rings. The number of rotatable bonds is 2. The summed E-state index contributed by atoms with van der Waals surface area (Å²) in [6.07, 6.45) is 14.2. The second-order valence-corrected chi connectivity index (χ2v) is 10.1. The Kier molecular flexibility index (Phi) is 3.98. The number of carboxylic acids is 1. The Morgan fingerprint density at radius 2 is 1.92 bits per heavy atom. The summed E-state index contributed by atoms with van der Waals surface area (Å²) in [5, 5.41) is 9.39.